The van der Waals surface area contributed by atoms with E-state index in [1.807, 2.05) is 13.8 Å². The Morgan fingerprint density at radius 1 is 1.31 bits per heavy atom. The van der Waals surface area contributed by atoms with Gasteiger partial charge in [-0.1, -0.05) is 0 Å². The lowest BCUT2D eigenvalue weighted by Crippen LogP contribution is -2.33. The summed E-state index contributed by atoms with van der Waals surface area (Å²) < 4.78 is 10.5. The van der Waals surface area contributed by atoms with Crippen LogP contribution in [-0.4, -0.2) is 30.1 Å². The summed E-state index contributed by atoms with van der Waals surface area (Å²) in [5, 5.41) is 7.42. The van der Waals surface area contributed by atoms with E-state index in [0.29, 0.717) is 0 Å². The van der Waals surface area contributed by atoms with Gasteiger partial charge in [-0.25, -0.2) is 0 Å². The van der Waals surface area contributed by atoms with Crippen LogP contribution in [-0.2, 0) is 14.3 Å². The van der Waals surface area contributed by atoms with Crippen LogP contribution in [0.5, 0.6) is 0 Å². The normalized spacial score (nSPS) is 19.0. The molecule has 0 spiro atoms. The minimum Gasteiger partial charge on any atom is -0.481 e. The summed E-state index contributed by atoms with van der Waals surface area (Å²) in [4.78, 5) is 9.00. The Bertz CT molecular complexity index is 131. The molecule has 1 N–H and O–H groups in total. The summed E-state index contributed by atoms with van der Waals surface area (Å²) in [7, 11) is 0. The summed E-state index contributed by atoms with van der Waals surface area (Å²) in [6.45, 7) is 6.64. The van der Waals surface area contributed by atoms with E-state index >= 15 is 0 Å². The van der Waals surface area contributed by atoms with Crippen LogP contribution in [0.4, 0.5) is 0 Å². The first-order valence-electron chi connectivity index (χ1n) is 3.91. The summed E-state index contributed by atoms with van der Waals surface area (Å²) in [6.07, 6.45) is 1.03. The molecule has 4 nitrogen and oxygen atoms in total. The van der Waals surface area contributed by atoms with Crippen molar-refractivity contribution in [3.8, 4) is 0 Å². The molecule has 1 fully saturated rings. The fourth-order valence-corrected chi connectivity index (χ4v) is 0.737. The maximum absolute atomic E-state index is 9.00. The highest BCUT2D eigenvalue weighted by Gasteiger charge is 2.21. The predicted molar refractivity (Wildman–Crippen MR) is 50.3 cm³/mol. The molecule has 80 valence electrons. The highest BCUT2D eigenvalue weighted by molar-refractivity contribution is 5.62. The molecule has 0 aromatic heterocycles. The molecule has 0 radical (unpaired) electrons. The highest BCUT2D eigenvalue weighted by Crippen LogP contribution is 2.15. The molecule has 1 aliphatic rings. The second-order valence-corrected chi connectivity index (χ2v) is 2.97. The van der Waals surface area contributed by atoms with Gasteiger partial charge in [0.15, 0.2) is 5.79 Å². The Morgan fingerprint density at radius 3 is 1.77 bits per heavy atom. The first kappa shape index (κ1) is 14.9. The van der Waals surface area contributed by atoms with Crippen LogP contribution in [0, 0.1) is 7.43 Å². The Balaban J connectivity index is 0. The van der Waals surface area contributed by atoms with Gasteiger partial charge >= 0.3 is 0 Å². The Kier molecular flexibility index (Phi) is 7.85. The third-order valence-corrected chi connectivity index (χ3v) is 1.19. The maximum Gasteiger partial charge on any atom is 0.300 e. The molecule has 13 heavy (non-hydrogen) atoms. The first-order chi connectivity index (χ1) is 5.44. The van der Waals surface area contributed by atoms with Gasteiger partial charge in [-0.2, -0.15) is 0 Å². The average Bonchev–Trinajstić information content (AvgIpc) is 1.85. The molecular weight excluding hydrogens is 172 g/mol. The van der Waals surface area contributed by atoms with Crippen molar-refractivity contribution in [3.05, 3.63) is 7.43 Å². The topological polar surface area (TPSA) is 55.8 Å². The van der Waals surface area contributed by atoms with Crippen LogP contribution in [0.25, 0.3) is 0 Å². The number of carboxylic acid groups (broad SMARTS) is 1. The molecule has 1 aliphatic heterocycles. The fraction of sp³-hybridized carbons (Fsp3) is 0.778. The molecular formula is C9H19O4-. The number of rotatable bonds is 0. The van der Waals surface area contributed by atoms with Crippen molar-refractivity contribution in [1.82, 2.24) is 0 Å². The quantitative estimate of drug-likeness (QED) is 0.592. The molecule has 1 rings (SSSR count). The highest BCUT2D eigenvalue weighted by atomic mass is 16.7. The summed E-state index contributed by atoms with van der Waals surface area (Å²) in [6, 6.07) is 0. The lowest BCUT2D eigenvalue weighted by molar-refractivity contribution is -0.244. The summed E-state index contributed by atoms with van der Waals surface area (Å²) in [5.74, 6) is -1.15. The molecule has 0 aromatic rings. The van der Waals surface area contributed by atoms with Crippen molar-refractivity contribution < 1.29 is 19.4 Å². The lowest BCUT2D eigenvalue weighted by Gasteiger charge is -2.29. The SMILES string of the molecule is CC(=O)O.CC1(C)OCCCO1.[CH3-]. The number of carboxylic acids is 1. The second kappa shape index (κ2) is 6.86. The van der Waals surface area contributed by atoms with E-state index in [2.05, 4.69) is 0 Å². The number of hydrogen-bond acceptors (Lipinski definition) is 3. The minimum atomic E-state index is -0.833. The lowest BCUT2D eigenvalue weighted by atomic mass is 10.3. The van der Waals surface area contributed by atoms with E-state index in [1.165, 1.54) is 0 Å². The molecule has 0 atom stereocenters. The van der Waals surface area contributed by atoms with Gasteiger partial charge in [0.05, 0.1) is 13.2 Å². The molecule has 0 aliphatic carbocycles. The fourth-order valence-electron chi connectivity index (χ4n) is 0.737. The zero-order chi connectivity index (χ0) is 9.61. The average molecular weight is 191 g/mol. The molecule has 0 unspecified atom stereocenters. The first-order valence-corrected chi connectivity index (χ1v) is 3.91. The standard InChI is InChI=1S/C6H12O2.C2H4O2.CH3/c1-6(2)7-4-3-5-8-6;1-2(3)4;/h3-5H2,1-2H3;1H3,(H,3,4);1H3/q;;-1. The number of hydrogen-bond donors (Lipinski definition) is 1. The van der Waals surface area contributed by atoms with Crippen LogP contribution in [0.15, 0.2) is 0 Å². The molecule has 1 heterocycles. The van der Waals surface area contributed by atoms with Crippen LogP contribution in [0.2, 0.25) is 0 Å². The van der Waals surface area contributed by atoms with Gasteiger partial charge in [0.1, 0.15) is 0 Å². The van der Waals surface area contributed by atoms with Gasteiger partial charge in [-0.15, -0.1) is 0 Å². The monoisotopic (exact) mass is 191 g/mol. The van der Waals surface area contributed by atoms with Gasteiger partial charge in [-0.05, 0) is 20.3 Å². The van der Waals surface area contributed by atoms with Crippen molar-refractivity contribution in [1.29, 1.82) is 0 Å². The third-order valence-electron chi connectivity index (χ3n) is 1.19. The van der Waals surface area contributed by atoms with Crippen molar-refractivity contribution in [2.45, 2.75) is 33.0 Å². The van der Waals surface area contributed by atoms with E-state index in [4.69, 9.17) is 19.4 Å². The van der Waals surface area contributed by atoms with Gasteiger partial charge in [0.25, 0.3) is 5.97 Å². The van der Waals surface area contributed by atoms with Crippen molar-refractivity contribution in [2.75, 3.05) is 13.2 Å². The van der Waals surface area contributed by atoms with Crippen LogP contribution >= 0.6 is 0 Å². The zero-order valence-corrected chi connectivity index (χ0v) is 8.79. The van der Waals surface area contributed by atoms with Crippen molar-refractivity contribution in [2.24, 2.45) is 0 Å². The van der Waals surface area contributed by atoms with Crippen LogP contribution in [0.1, 0.15) is 27.2 Å². The smallest absolute Gasteiger partial charge is 0.300 e. The van der Waals surface area contributed by atoms with E-state index in [1.54, 1.807) is 0 Å². The zero-order valence-electron chi connectivity index (χ0n) is 8.79. The van der Waals surface area contributed by atoms with Gasteiger partial charge in [0, 0.05) is 6.92 Å². The number of ether oxygens (including phenoxy) is 2. The minimum absolute atomic E-state index is 0. The van der Waals surface area contributed by atoms with Crippen LogP contribution < -0.4 is 0 Å². The van der Waals surface area contributed by atoms with Gasteiger partial charge in [-0.3, -0.25) is 4.79 Å². The van der Waals surface area contributed by atoms with Crippen molar-refractivity contribution >= 4 is 5.97 Å². The molecule has 0 bridgehead atoms. The maximum atomic E-state index is 9.00. The van der Waals surface area contributed by atoms with E-state index in [-0.39, 0.29) is 13.2 Å². The molecule has 0 saturated carbocycles. The van der Waals surface area contributed by atoms with Gasteiger partial charge in [0.2, 0.25) is 0 Å². The van der Waals surface area contributed by atoms with Gasteiger partial charge < -0.3 is 22.0 Å². The van der Waals surface area contributed by atoms with E-state index in [0.717, 1.165) is 26.6 Å². The number of carbonyl (C=O) groups is 1. The Hall–Kier alpha value is -0.610. The molecule has 0 amide bonds. The molecule has 1 saturated heterocycles. The third kappa shape index (κ3) is 11.4. The predicted octanol–water partition coefficient (Wildman–Crippen LogP) is 1.70. The largest absolute Gasteiger partial charge is 0.481 e. The van der Waals surface area contributed by atoms with E-state index in [9.17, 15) is 0 Å². The Labute approximate surface area is 79.8 Å². The summed E-state index contributed by atoms with van der Waals surface area (Å²) >= 11 is 0. The summed E-state index contributed by atoms with van der Waals surface area (Å²) in [5.41, 5.74) is 0. The van der Waals surface area contributed by atoms with Crippen LogP contribution in [0.3, 0.4) is 0 Å². The van der Waals surface area contributed by atoms with E-state index < -0.39 is 5.97 Å². The Morgan fingerprint density at radius 2 is 1.62 bits per heavy atom. The number of aliphatic carboxylic acids is 1. The van der Waals surface area contributed by atoms with Crippen molar-refractivity contribution in [3.63, 3.8) is 0 Å². The molecule has 0 aromatic carbocycles. The molecule has 4 heteroatoms. The second-order valence-electron chi connectivity index (χ2n) is 2.97.